The number of carbonyl (C=O) groups excluding carboxylic acids is 2. The summed E-state index contributed by atoms with van der Waals surface area (Å²) in [6, 6.07) is 17.8. The lowest BCUT2D eigenvalue weighted by Crippen LogP contribution is -2.42. The first-order valence-electron chi connectivity index (χ1n) is 17.9. The van der Waals surface area contributed by atoms with E-state index in [2.05, 4.69) is 45.9 Å². The Morgan fingerprint density at radius 1 is 1.06 bits per heavy atom. The van der Waals surface area contributed by atoms with Crippen LogP contribution in [0.25, 0.3) is 44.9 Å². The standard InChI is InChI=1S/C41H37N5O6/c1-5-40(4,49)30(47)16-21-14-20-12-13-28-26(15-20)41-25-10-6-9-23(33(25)46-39(41)51-28)22-8-7-11-27-31(22)24(17-42-27)29-18-43-37(50-29)34-35(41)52-38(45-34)32(19(2)3)44-36(21)48/h6-13,15,17-19,21,32,39,42,46,49H,5,14,16H2,1-4H3,(H,44,48)/t21?,32-,39?,40?,41-/m0/s1. The summed E-state index contributed by atoms with van der Waals surface area (Å²) in [5.74, 6) is 0.720. The fourth-order valence-electron chi connectivity index (χ4n) is 8.61. The SMILES string of the molecule is CCC(C)(O)C(=O)CC1Cc2ccc3c(c2)[C@]24c5cccc(c5NC2O3)-c2cccc3[nH]cc(c23)-c2cnc(o2)-c2nc(oc24)[C@H](C(C)C)NC1=O. The van der Waals surface area contributed by atoms with Gasteiger partial charge in [0.1, 0.15) is 22.8 Å². The van der Waals surface area contributed by atoms with Gasteiger partial charge in [0.2, 0.25) is 17.7 Å². The number of ether oxygens (including phenoxy) is 1. The number of oxazole rings is 2. The molecule has 3 unspecified atom stereocenters. The van der Waals surface area contributed by atoms with Gasteiger partial charge in [0.15, 0.2) is 29.2 Å². The van der Waals surface area contributed by atoms with Crippen molar-refractivity contribution in [1.29, 1.82) is 0 Å². The fraction of sp³-hybridized carbons (Fsp3) is 0.317. The molecule has 0 fully saturated rings. The van der Waals surface area contributed by atoms with E-state index >= 15 is 0 Å². The van der Waals surface area contributed by atoms with Gasteiger partial charge in [-0.05, 0) is 48.9 Å². The lowest BCUT2D eigenvalue weighted by Gasteiger charge is -2.29. The minimum absolute atomic E-state index is 0.125. The zero-order valence-corrected chi connectivity index (χ0v) is 29.2. The first kappa shape index (κ1) is 31.1. The second-order valence-corrected chi connectivity index (χ2v) is 15.1. The third-order valence-corrected chi connectivity index (χ3v) is 11.6. The van der Waals surface area contributed by atoms with Crippen molar-refractivity contribution in [2.24, 2.45) is 11.8 Å². The molecular weight excluding hydrogens is 658 g/mol. The molecule has 3 aromatic heterocycles. The Bertz CT molecular complexity index is 2490. The number of hydrogen-bond acceptors (Lipinski definition) is 9. The summed E-state index contributed by atoms with van der Waals surface area (Å²) in [6.45, 7) is 7.24. The van der Waals surface area contributed by atoms with E-state index in [1.54, 1.807) is 13.1 Å². The van der Waals surface area contributed by atoms with Crippen LogP contribution in [-0.4, -0.2) is 43.6 Å². The highest BCUT2D eigenvalue weighted by Gasteiger charge is 2.61. The van der Waals surface area contributed by atoms with E-state index in [4.69, 9.17) is 23.5 Å². The smallest absolute Gasteiger partial charge is 0.249 e. The van der Waals surface area contributed by atoms with Gasteiger partial charge in [-0.2, -0.15) is 0 Å². The maximum Gasteiger partial charge on any atom is 0.249 e. The van der Waals surface area contributed by atoms with Crippen LogP contribution in [0.4, 0.5) is 5.69 Å². The molecule has 0 saturated heterocycles. The van der Waals surface area contributed by atoms with Gasteiger partial charge in [-0.3, -0.25) is 9.59 Å². The molecule has 10 bridgehead atoms. The highest BCUT2D eigenvalue weighted by Crippen LogP contribution is 2.61. The van der Waals surface area contributed by atoms with Crippen molar-refractivity contribution in [1.82, 2.24) is 20.3 Å². The van der Waals surface area contributed by atoms with E-state index in [-0.39, 0.29) is 42.8 Å². The van der Waals surface area contributed by atoms with E-state index in [1.807, 2.05) is 44.3 Å². The number of fused-ring (bicyclic) bond motifs is 7. The Morgan fingerprint density at radius 3 is 2.71 bits per heavy atom. The number of aromatic nitrogens is 3. The highest BCUT2D eigenvalue weighted by atomic mass is 16.5. The topological polar surface area (TPSA) is 156 Å². The molecule has 0 radical (unpaired) electrons. The van der Waals surface area contributed by atoms with Gasteiger partial charge >= 0.3 is 0 Å². The predicted molar refractivity (Wildman–Crippen MR) is 193 cm³/mol. The van der Waals surface area contributed by atoms with E-state index in [1.165, 1.54) is 6.92 Å². The molecule has 7 heterocycles. The molecule has 10 rings (SSSR count). The average Bonchev–Trinajstić information content (AvgIpc) is 3.95. The summed E-state index contributed by atoms with van der Waals surface area (Å²) in [5.41, 5.74) is 5.24. The molecule has 262 valence electrons. The van der Waals surface area contributed by atoms with Crippen molar-refractivity contribution >= 4 is 28.3 Å². The third kappa shape index (κ3) is 4.11. The summed E-state index contributed by atoms with van der Waals surface area (Å²) in [6.07, 6.45) is 3.42. The molecule has 3 aromatic carbocycles. The van der Waals surface area contributed by atoms with E-state index < -0.39 is 29.2 Å². The van der Waals surface area contributed by atoms with Crippen molar-refractivity contribution in [3.63, 3.8) is 0 Å². The number of aromatic amines is 1. The van der Waals surface area contributed by atoms with Gasteiger partial charge in [0.05, 0.1) is 6.20 Å². The van der Waals surface area contributed by atoms with Crippen LogP contribution < -0.4 is 15.4 Å². The molecule has 1 amide bonds. The van der Waals surface area contributed by atoms with Gasteiger partial charge in [-0.1, -0.05) is 63.2 Å². The molecule has 0 saturated carbocycles. The van der Waals surface area contributed by atoms with Crippen LogP contribution in [0.2, 0.25) is 0 Å². The number of anilines is 1. The number of benzene rings is 3. The second-order valence-electron chi connectivity index (χ2n) is 15.1. The Hall–Kier alpha value is -5.68. The van der Waals surface area contributed by atoms with Crippen LogP contribution in [0.15, 0.2) is 75.8 Å². The van der Waals surface area contributed by atoms with Gasteiger partial charge in [-0.15, -0.1) is 0 Å². The lowest BCUT2D eigenvalue weighted by atomic mass is 9.72. The van der Waals surface area contributed by atoms with E-state index in [0.29, 0.717) is 28.9 Å². The van der Waals surface area contributed by atoms with Crippen LogP contribution >= 0.6 is 0 Å². The molecule has 5 atom stereocenters. The van der Waals surface area contributed by atoms with Crippen molar-refractivity contribution in [2.45, 2.75) is 70.2 Å². The summed E-state index contributed by atoms with van der Waals surface area (Å²) in [7, 11) is 0. The van der Waals surface area contributed by atoms with Crippen molar-refractivity contribution in [3.8, 4) is 39.8 Å². The number of hydrogen-bond donors (Lipinski definition) is 4. The number of nitrogens with one attached hydrogen (secondary N) is 3. The van der Waals surface area contributed by atoms with Gasteiger partial charge in [-0.25, -0.2) is 9.97 Å². The zero-order chi connectivity index (χ0) is 35.7. The normalized spacial score (nSPS) is 23.2. The van der Waals surface area contributed by atoms with Crippen LogP contribution in [0, 0.1) is 11.8 Å². The quantitative estimate of drug-likeness (QED) is 0.149. The second kappa shape index (κ2) is 10.7. The molecule has 1 spiro atoms. The molecule has 11 nitrogen and oxygen atoms in total. The van der Waals surface area contributed by atoms with Gasteiger partial charge in [0, 0.05) is 57.4 Å². The molecule has 0 aliphatic carbocycles. The van der Waals surface area contributed by atoms with Crippen LogP contribution in [0.3, 0.4) is 0 Å². The molecule has 52 heavy (non-hydrogen) atoms. The number of aliphatic hydroxyl groups is 1. The molecule has 4 aliphatic heterocycles. The summed E-state index contributed by atoms with van der Waals surface area (Å²) in [5, 5.41) is 18.8. The number of nitrogens with zero attached hydrogens (tertiary/aromatic N) is 2. The van der Waals surface area contributed by atoms with Crippen LogP contribution in [0.5, 0.6) is 5.75 Å². The van der Waals surface area contributed by atoms with Crippen molar-refractivity contribution in [3.05, 3.63) is 95.3 Å². The Balaban J connectivity index is 1.28. The summed E-state index contributed by atoms with van der Waals surface area (Å²) < 4.78 is 20.4. The maximum absolute atomic E-state index is 14.2. The van der Waals surface area contributed by atoms with Crippen molar-refractivity contribution < 1.29 is 28.3 Å². The molecule has 4 aliphatic rings. The Kier molecular flexibility index (Phi) is 6.38. The number of amides is 1. The number of para-hydroxylation sites is 1. The minimum atomic E-state index is -1.54. The van der Waals surface area contributed by atoms with E-state index in [9.17, 15) is 14.7 Å². The zero-order valence-electron chi connectivity index (χ0n) is 29.2. The Labute approximate surface area is 298 Å². The fourth-order valence-corrected chi connectivity index (χ4v) is 8.61. The first-order chi connectivity index (χ1) is 25.1. The molecular formula is C41H37N5O6. The largest absolute Gasteiger partial charge is 0.469 e. The third-order valence-electron chi connectivity index (χ3n) is 11.6. The van der Waals surface area contributed by atoms with Gasteiger partial charge in [0.25, 0.3) is 0 Å². The number of Topliss-reactive ketones (excluding diaryl/α,β-unsaturated/α-hetero) is 1. The summed E-state index contributed by atoms with van der Waals surface area (Å²) >= 11 is 0. The molecule has 11 heteroatoms. The van der Waals surface area contributed by atoms with E-state index in [0.717, 1.165) is 50.0 Å². The number of ketones is 1. The number of carbonyl (C=O) groups is 2. The van der Waals surface area contributed by atoms with Crippen molar-refractivity contribution in [2.75, 3.05) is 5.32 Å². The van der Waals surface area contributed by atoms with Gasteiger partial charge < -0.3 is 34.3 Å². The monoisotopic (exact) mass is 695 g/mol. The number of rotatable bonds is 5. The minimum Gasteiger partial charge on any atom is -0.469 e. The molecule has 4 N–H and O–H groups in total. The Morgan fingerprint density at radius 2 is 1.88 bits per heavy atom. The highest BCUT2D eigenvalue weighted by molar-refractivity contribution is 6.07. The van der Waals surface area contributed by atoms with Crippen LogP contribution in [-0.2, 0) is 21.4 Å². The number of H-pyrrole nitrogens is 1. The van der Waals surface area contributed by atoms with Crippen LogP contribution in [0.1, 0.15) is 74.9 Å². The predicted octanol–water partition coefficient (Wildman–Crippen LogP) is 7.04. The molecule has 6 aromatic rings. The average molecular weight is 696 g/mol. The first-order valence-corrected chi connectivity index (χ1v) is 17.9. The lowest BCUT2D eigenvalue weighted by molar-refractivity contribution is -0.140. The maximum atomic E-state index is 14.2. The summed E-state index contributed by atoms with van der Waals surface area (Å²) in [4.78, 5) is 41.0.